The number of rotatable bonds is 2. The highest BCUT2D eigenvalue weighted by molar-refractivity contribution is 5.98. The van der Waals surface area contributed by atoms with E-state index in [2.05, 4.69) is 19.9 Å². The lowest BCUT2D eigenvalue weighted by Gasteiger charge is -2.10. The van der Waals surface area contributed by atoms with Crippen LogP contribution in [0.1, 0.15) is 54.5 Å². The second-order valence-electron chi connectivity index (χ2n) is 7.11. The summed E-state index contributed by atoms with van der Waals surface area (Å²) in [6, 6.07) is 5.91. The Bertz CT molecular complexity index is 1070. The summed E-state index contributed by atoms with van der Waals surface area (Å²) in [5.74, 6) is -0.271. The zero-order valence-corrected chi connectivity index (χ0v) is 14.2. The van der Waals surface area contributed by atoms with Crippen molar-refractivity contribution < 1.29 is 4.79 Å². The monoisotopic (exact) mass is 343 g/mol. The fourth-order valence-corrected chi connectivity index (χ4v) is 4.32. The van der Waals surface area contributed by atoms with Gasteiger partial charge in [-0.25, -0.2) is 14.8 Å². The summed E-state index contributed by atoms with van der Waals surface area (Å²) in [4.78, 5) is 25.0. The molecule has 1 saturated carbocycles. The molecule has 3 aromatic rings. The first-order valence-electron chi connectivity index (χ1n) is 8.97. The van der Waals surface area contributed by atoms with E-state index >= 15 is 0 Å². The Hall–Kier alpha value is -3.07. The van der Waals surface area contributed by atoms with Gasteiger partial charge in [-0.05, 0) is 24.0 Å². The number of carbonyl (C=O) groups excluding carboxylic acids is 1. The summed E-state index contributed by atoms with van der Waals surface area (Å²) >= 11 is 0. The fraction of sp³-hybridized carbons (Fsp3) is 0.350. The van der Waals surface area contributed by atoms with Crippen LogP contribution in [-0.4, -0.2) is 25.5 Å². The molecule has 128 valence electrons. The molecule has 2 aliphatic rings. The van der Waals surface area contributed by atoms with Gasteiger partial charge in [-0.3, -0.25) is 9.48 Å². The lowest BCUT2D eigenvalue weighted by Crippen LogP contribution is -2.10. The van der Waals surface area contributed by atoms with Crippen molar-refractivity contribution in [2.75, 3.05) is 0 Å². The molecule has 0 saturated heterocycles. The van der Waals surface area contributed by atoms with Gasteiger partial charge in [0.1, 0.15) is 6.33 Å². The molecular formula is C20H17N5O. The average Bonchev–Trinajstić information content (AvgIpc) is 3.37. The van der Waals surface area contributed by atoms with Crippen LogP contribution in [0.5, 0.6) is 0 Å². The van der Waals surface area contributed by atoms with E-state index in [1.54, 1.807) is 6.07 Å². The molecule has 1 aromatic carbocycles. The molecule has 5 rings (SSSR count). The zero-order chi connectivity index (χ0) is 17.7. The molecule has 2 heterocycles. The minimum absolute atomic E-state index is 0.121. The van der Waals surface area contributed by atoms with E-state index < -0.39 is 5.92 Å². The Morgan fingerprint density at radius 3 is 2.85 bits per heavy atom. The topological polar surface area (TPSA) is 65.0 Å². The van der Waals surface area contributed by atoms with E-state index in [1.165, 1.54) is 19.2 Å². The van der Waals surface area contributed by atoms with Crippen LogP contribution < -0.4 is 0 Å². The van der Waals surface area contributed by atoms with E-state index in [4.69, 9.17) is 6.57 Å². The lowest BCUT2D eigenvalue weighted by atomic mass is 9.95. The lowest BCUT2D eigenvalue weighted by molar-refractivity contribution is -0.118. The Balaban J connectivity index is 1.63. The van der Waals surface area contributed by atoms with Crippen LogP contribution in [0.15, 0.2) is 30.7 Å². The second kappa shape index (κ2) is 5.73. The van der Waals surface area contributed by atoms with Crippen molar-refractivity contribution in [3.05, 3.63) is 59.0 Å². The molecule has 0 radical (unpaired) electrons. The van der Waals surface area contributed by atoms with Crippen molar-refractivity contribution in [1.29, 1.82) is 0 Å². The number of nitrogens with zero attached hydrogens (tertiary/aromatic N) is 5. The van der Waals surface area contributed by atoms with Crippen molar-refractivity contribution in [2.24, 2.45) is 0 Å². The molecule has 0 aliphatic heterocycles. The Morgan fingerprint density at radius 2 is 2.04 bits per heavy atom. The number of hydrogen-bond acceptors (Lipinski definition) is 4. The average molecular weight is 343 g/mol. The molecule has 1 fully saturated rings. The maximum absolute atomic E-state index is 12.8. The number of ketones is 1. The molecule has 0 spiro atoms. The summed E-state index contributed by atoms with van der Waals surface area (Å²) < 4.78 is 2.01. The Kier molecular flexibility index (Phi) is 3.35. The third-order valence-corrected chi connectivity index (χ3v) is 5.59. The van der Waals surface area contributed by atoms with E-state index in [0.717, 1.165) is 35.0 Å². The second-order valence-corrected chi connectivity index (χ2v) is 7.11. The third-order valence-electron chi connectivity index (χ3n) is 5.59. The van der Waals surface area contributed by atoms with Gasteiger partial charge in [0.15, 0.2) is 17.1 Å². The van der Waals surface area contributed by atoms with Crippen molar-refractivity contribution in [3.8, 4) is 0 Å². The molecule has 26 heavy (non-hydrogen) atoms. The molecular weight excluding hydrogens is 326 g/mol. The first-order chi connectivity index (χ1) is 12.7. The highest BCUT2D eigenvalue weighted by atomic mass is 16.1. The van der Waals surface area contributed by atoms with E-state index in [0.29, 0.717) is 23.8 Å². The van der Waals surface area contributed by atoms with Crippen LogP contribution in [-0.2, 0) is 11.2 Å². The molecule has 1 atom stereocenters. The normalized spacial score (nSPS) is 19.8. The van der Waals surface area contributed by atoms with Gasteiger partial charge in [0.05, 0.1) is 29.6 Å². The minimum Gasteiger partial charge on any atom is -0.298 e. The Labute approximate surface area is 150 Å². The van der Waals surface area contributed by atoms with Crippen molar-refractivity contribution in [1.82, 2.24) is 19.7 Å². The van der Waals surface area contributed by atoms with Gasteiger partial charge in [-0.15, -0.1) is 0 Å². The number of hydrogen-bond donors (Lipinski definition) is 0. The summed E-state index contributed by atoms with van der Waals surface area (Å²) in [6.07, 6.45) is 8.62. The summed E-state index contributed by atoms with van der Waals surface area (Å²) in [5, 5.41) is 5.51. The number of benzene rings is 1. The quantitative estimate of drug-likeness (QED) is 0.665. The largest absolute Gasteiger partial charge is 0.298 e. The van der Waals surface area contributed by atoms with E-state index in [-0.39, 0.29) is 5.78 Å². The van der Waals surface area contributed by atoms with Crippen LogP contribution >= 0.6 is 0 Å². The maximum Gasteiger partial charge on any atom is 0.187 e. The predicted molar refractivity (Wildman–Crippen MR) is 96.1 cm³/mol. The zero-order valence-electron chi connectivity index (χ0n) is 14.2. The molecule has 6 heteroatoms. The van der Waals surface area contributed by atoms with Gasteiger partial charge >= 0.3 is 0 Å². The standard InChI is InChI=1S/C20H17N5O/c1-21-13-6-7-15-12(8-13)9-17(26)18(15)19-16-10-25(14-4-2-3-5-14)24-20(16)23-11-22-19/h6-8,10-11,14,18H,2-5,9H2. The Morgan fingerprint density at radius 1 is 1.19 bits per heavy atom. The molecule has 1 unspecified atom stereocenters. The van der Waals surface area contributed by atoms with Crippen LogP contribution in [0.25, 0.3) is 15.9 Å². The highest BCUT2D eigenvalue weighted by Crippen LogP contribution is 2.39. The van der Waals surface area contributed by atoms with Gasteiger partial charge < -0.3 is 0 Å². The van der Waals surface area contributed by atoms with Gasteiger partial charge in [0.2, 0.25) is 0 Å². The number of fused-ring (bicyclic) bond motifs is 2. The first-order valence-corrected chi connectivity index (χ1v) is 8.97. The molecule has 0 bridgehead atoms. The fourth-order valence-electron chi connectivity index (χ4n) is 4.32. The predicted octanol–water partition coefficient (Wildman–Crippen LogP) is 3.75. The molecule has 0 N–H and O–H groups in total. The SMILES string of the molecule is [C-]#[N+]c1ccc2c(c1)CC(=O)C2c1ncnc2nn(C3CCCC3)cc12. The van der Waals surface area contributed by atoms with E-state index in [9.17, 15) is 4.79 Å². The minimum atomic E-state index is -0.392. The smallest absolute Gasteiger partial charge is 0.187 e. The van der Waals surface area contributed by atoms with Crippen molar-refractivity contribution in [2.45, 2.75) is 44.1 Å². The van der Waals surface area contributed by atoms with Crippen LogP contribution in [0, 0.1) is 6.57 Å². The summed E-state index contributed by atoms with van der Waals surface area (Å²) in [6.45, 7) is 7.17. The van der Waals surface area contributed by atoms with Crippen molar-refractivity contribution in [3.63, 3.8) is 0 Å². The van der Waals surface area contributed by atoms with Crippen molar-refractivity contribution >= 4 is 22.5 Å². The van der Waals surface area contributed by atoms with Gasteiger partial charge in [0, 0.05) is 12.6 Å². The highest BCUT2D eigenvalue weighted by Gasteiger charge is 2.34. The molecule has 6 nitrogen and oxygen atoms in total. The number of carbonyl (C=O) groups is 1. The molecule has 0 amide bonds. The molecule has 2 aliphatic carbocycles. The maximum atomic E-state index is 12.8. The van der Waals surface area contributed by atoms with Gasteiger partial charge in [-0.1, -0.05) is 31.0 Å². The number of Topliss-reactive ketones (excluding diaryl/α,β-unsaturated/α-hetero) is 1. The summed E-state index contributed by atoms with van der Waals surface area (Å²) in [5.41, 5.74) is 3.85. The van der Waals surface area contributed by atoms with E-state index in [1.807, 2.05) is 23.0 Å². The van der Waals surface area contributed by atoms with Crippen LogP contribution in [0.3, 0.4) is 0 Å². The molecule has 2 aromatic heterocycles. The van der Waals surface area contributed by atoms with Crippen LogP contribution in [0.2, 0.25) is 0 Å². The first kappa shape index (κ1) is 15.2. The van der Waals surface area contributed by atoms with Gasteiger partial charge in [-0.2, -0.15) is 5.10 Å². The van der Waals surface area contributed by atoms with Gasteiger partial charge in [0.25, 0.3) is 0 Å². The third kappa shape index (κ3) is 2.24. The summed E-state index contributed by atoms with van der Waals surface area (Å²) in [7, 11) is 0. The van der Waals surface area contributed by atoms with Crippen LogP contribution in [0.4, 0.5) is 5.69 Å². The number of aromatic nitrogens is 4.